The Morgan fingerprint density at radius 2 is 1.84 bits per heavy atom. The SMILES string of the molecule is COCCNCc1ccc(-c2cc3nccc(Oc4ccc(NC(=O)c5cccn(-c6ccccc6)c5=O)cc4F)c3s2)nc1. The molecule has 0 radical (unpaired) electrons. The fraction of sp³-hybridized carbons (Fsp3) is 0.118. The van der Waals surface area contributed by atoms with Crippen molar-refractivity contribution in [3.63, 3.8) is 0 Å². The number of nitrogens with one attached hydrogen (secondary N) is 2. The Morgan fingerprint density at radius 3 is 2.62 bits per heavy atom. The average Bonchev–Trinajstić information content (AvgIpc) is 3.51. The second kappa shape index (κ2) is 13.6. The smallest absolute Gasteiger partial charge is 0.267 e. The Labute approximate surface area is 261 Å². The molecule has 0 fully saturated rings. The summed E-state index contributed by atoms with van der Waals surface area (Å²) < 4.78 is 28.4. The summed E-state index contributed by atoms with van der Waals surface area (Å²) in [6, 6.07) is 23.7. The van der Waals surface area contributed by atoms with E-state index in [4.69, 9.17) is 9.47 Å². The monoisotopic (exact) mass is 621 g/mol. The third kappa shape index (κ3) is 6.80. The Balaban J connectivity index is 1.16. The van der Waals surface area contributed by atoms with Crippen molar-refractivity contribution in [3.05, 3.63) is 131 Å². The fourth-order valence-corrected chi connectivity index (χ4v) is 5.68. The fourth-order valence-electron chi connectivity index (χ4n) is 4.64. The van der Waals surface area contributed by atoms with E-state index >= 15 is 4.39 Å². The summed E-state index contributed by atoms with van der Waals surface area (Å²) in [4.78, 5) is 35.9. The lowest BCUT2D eigenvalue weighted by atomic mass is 10.2. The number of anilines is 1. The van der Waals surface area contributed by atoms with Crippen LogP contribution in [0, 0.1) is 5.82 Å². The first-order valence-electron chi connectivity index (χ1n) is 14.1. The number of fused-ring (bicyclic) bond motifs is 1. The lowest BCUT2D eigenvalue weighted by molar-refractivity contribution is 0.102. The maximum atomic E-state index is 15.2. The average molecular weight is 622 g/mol. The minimum Gasteiger partial charge on any atom is -0.453 e. The van der Waals surface area contributed by atoms with Crippen molar-refractivity contribution in [2.24, 2.45) is 0 Å². The molecule has 0 spiro atoms. The summed E-state index contributed by atoms with van der Waals surface area (Å²) in [5.41, 5.74) is 2.81. The van der Waals surface area contributed by atoms with E-state index in [1.165, 1.54) is 34.1 Å². The van der Waals surface area contributed by atoms with E-state index < -0.39 is 17.3 Å². The van der Waals surface area contributed by atoms with Crippen LogP contribution in [0.2, 0.25) is 0 Å². The molecule has 0 aliphatic heterocycles. The third-order valence-electron chi connectivity index (χ3n) is 6.90. The van der Waals surface area contributed by atoms with Gasteiger partial charge in [-0.3, -0.25) is 24.1 Å². The molecule has 0 saturated heterocycles. The first kappa shape index (κ1) is 29.8. The first-order valence-corrected chi connectivity index (χ1v) is 14.9. The number of rotatable bonds is 11. The van der Waals surface area contributed by atoms with E-state index in [1.54, 1.807) is 55.9 Å². The van der Waals surface area contributed by atoms with Crippen LogP contribution < -0.4 is 20.9 Å². The predicted octanol–water partition coefficient (Wildman–Crippen LogP) is 6.43. The lowest BCUT2D eigenvalue weighted by Crippen LogP contribution is -2.27. The van der Waals surface area contributed by atoms with Gasteiger partial charge in [0.25, 0.3) is 11.5 Å². The molecule has 1 amide bonds. The van der Waals surface area contributed by atoms with Crippen molar-refractivity contribution in [2.45, 2.75) is 6.54 Å². The number of benzene rings is 2. The molecule has 0 atom stereocenters. The van der Waals surface area contributed by atoms with Crippen LogP contribution in [-0.2, 0) is 11.3 Å². The zero-order chi connectivity index (χ0) is 31.2. The second-order valence-corrected chi connectivity index (χ2v) is 11.0. The molecular formula is C34H28FN5O4S. The normalized spacial score (nSPS) is 11.1. The highest BCUT2D eigenvalue weighted by Crippen LogP contribution is 2.39. The number of amides is 1. The maximum absolute atomic E-state index is 15.2. The zero-order valence-corrected chi connectivity index (χ0v) is 25.0. The van der Waals surface area contributed by atoms with Crippen LogP contribution in [0.25, 0.3) is 26.5 Å². The summed E-state index contributed by atoms with van der Waals surface area (Å²) in [5.74, 6) is -0.910. The summed E-state index contributed by atoms with van der Waals surface area (Å²) in [5, 5.41) is 5.90. The molecule has 9 nitrogen and oxygen atoms in total. The molecule has 0 aliphatic rings. The van der Waals surface area contributed by atoms with Crippen molar-refractivity contribution in [2.75, 3.05) is 25.6 Å². The van der Waals surface area contributed by atoms with Gasteiger partial charge in [0.05, 0.1) is 27.4 Å². The minimum absolute atomic E-state index is 0.0231. The van der Waals surface area contributed by atoms with Crippen molar-refractivity contribution in [3.8, 4) is 27.8 Å². The van der Waals surface area contributed by atoms with Crippen LogP contribution in [0.3, 0.4) is 0 Å². The van der Waals surface area contributed by atoms with Crippen molar-refractivity contribution < 1.29 is 18.7 Å². The zero-order valence-electron chi connectivity index (χ0n) is 24.2. The molecule has 0 bridgehead atoms. The quantitative estimate of drug-likeness (QED) is 0.161. The molecule has 11 heteroatoms. The summed E-state index contributed by atoms with van der Waals surface area (Å²) in [7, 11) is 1.67. The highest BCUT2D eigenvalue weighted by Gasteiger charge is 2.16. The van der Waals surface area contributed by atoms with Crippen molar-refractivity contribution >= 4 is 33.1 Å². The number of pyridine rings is 3. The Bertz CT molecular complexity index is 2010. The lowest BCUT2D eigenvalue weighted by Gasteiger charge is -2.11. The van der Waals surface area contributed by atoms with Crippen LogP contribution in [0.5, 0.6) is 11.5 Å². The standard InChI is InChI=1S/C34H28FN5O4S/c1-43-17-15-36-20-22-9-11-27(38-21-22)31-19-28-32(45-31)30(13-14-37-28)44-29-12-10-23(18-26(29)35)39-33(41)25-8-5-16-40(34(25)42)24-6-3-2-4-7-24/h2-14,16,18-19,21,36H,15,17,20H2,1H3,(H,39,41). The van der Waals surface area contributed by atoms with Gasteiger partial charge >= 0.3 is 0 Å². The van der Waals surface area contributed by atoms with Gasteiger partial charge in [0, 0.05) is 62.3 Å². The van der Waals surface area contributed by atoms with Gasteiger partial charge in [-0.05, 0) is 54.1 Å². The van der Waals surface area contributed by atoms with Gasteiger partial charge < -0.3 is 20.1 Å². The molecule has 45 heavy (non-hydrogen) atoms. The van der Waals surface area contributed by atoms with E-state index in [2.05, 4.69) is 20.6 Å². The van der Waals surface area contributed by atoms with Crippen LogP contribution in [0.15, 0.2) is 108 Å². The number of carbonyl (C=O) groups is 1. The third-order valence-corrected chi connectivity index (χ3v) is 8.06. The summed E-state index contributed by atoms with van der Waals surface area (Å²) in [6.45, 7) is 2.09. The summed E-state index contributed by atoms with van der Waals surface area (Å²) >= 11 is 1.45. The maximum Gasteiger partial charge on any atom is 0.267 e. The van der Waals surface area contributed by atoms with Crippen LogP contribution >= 0.6 is 11.3 Å². The van der Waals surface area contributed by atoms with Crippen LogP contribution in [-0.4, -0.2) is 40.7 Å². The molecule has 4 aromatic heterocycles. The molecule has 2 aromatic carbocycles. The summed E-state index contributed by atoms with van der Waals surface area (Å²) in [6.07, 6.45) is 5.02. The number of hydrogen-bond acceptors (Lipinski definition) is 8. The molecule has 4 heterocycles. The predicted molar refractivity (Wildman–Crippen MR) is 173 cm³/mol. The number of thiophene rings is 1. The van der Waals surface area contributed by atoms with E-state index in [0.717, 1.165) is 33.4 Å². The molecule has 0 aliphatic carbocycles. The molecule has 0 unspecified atom stereocenters. The second-order valence-electron chi connectivity index (χ2n) is 9.99. The van der Waals surface area contributed by atoms with Gasteiger partial charge in [-0.15, -0.1) is 11.3 Å². The highest BCUT2D eigenvalue weighted by molar-refractivity contribution is 7.22. The van der Waals surface area contributed by atoms with Gasteiger partial charge in [0.1, 0.15) is 11.3 Å². The first-order chi connectivity index (χ1) is 22.0. The van der Waals surface area contributed by atoms with E-state index in [1.807, 2.05) is 30.5 Å². The van der Waals surface area contributed by atoms with Crippen molar-refractivity contribution in [1.29, 1.82) is 0 Å². The van der Waals surface area contributed by atoms with Gasteiger partial charge in [0.2, 0.25) is 0 Å². The molecule has 6 rings (SSSR count). The molecule has 2 N–H and O–H groups in total. The van der Waals surface area contributed by atoms with Gasteiger partial charge in [-0.1, -0.05) is 24.3 Å². The molecule has 6 aromatic rings. The van der Waals surface area contributed by atoms with Gasteiger partial charge in [0.15, 0.2) is 11.6 Å². The van der Waals surface area contributed by atoms with E-state index in [9.17, 15) is 9.59 Å². The number of aromatic nitrogens is 3. The Hall–Kier alpha value is -5.23. The number of hydrogen-bond donors (Lipinski definition) is 2. The number of methoxy groups -OCH3 is 1. The number of ether oxygens (including phenoxy) is 2. The highest BCUT2D eigenvalue weighted by atomic mass is 32.1. The van der Waals surface area contributed by atoms with E-state index in [0.29, 0.717) is 30.1 Å². The molecule has 226 valence electrons. The Morgan fingerprint density at radius 1 is 0.978 bits per heavy atom. The van der Waals surface area contributed by atoms with Crippen LogP contribution in [0.1, 0.15) is 15.9 Å². The molecular weight excluding hydrogens is 593 g/mol. The topological polar surface area (TPSA) is 107 Å². The number of para-hydroxylation sites is 1. The number of halogens is 1. The van der Waals surface area contributed by atoms with Crippen molar-refractivity contribution in [1.82, 2.24) is 19.9 Å². The van der Waals surface area contributed by atoms with Gasteiger partial charge in [-0.2, -0.15) is 0 Å². The molecule has 0 saturated carbocycles. The minimum atomic E-state index is -0.680. The van der Waals surface area contributed by atoms with Gasteiger partial charge in [-0.25, -0.2) is 4.39 Å². The van der Waals surface area contributed by atoms with E-state index in [-0.39, 0.29) is 17.0 Å². The van der Waals surface area contributed by atoms with Crippen LogP contribution in [0.4, 0.5) is 10.1 Å². The largest absolute Gasteiger partial charge is 0.453 e. The number of nitrogens with zero attached hydrogens (tertiary/aromatic N) is 3. The Kier molecular flexibility index (Phi) is 9.01. The number of carbonyl (C=O) groups excluding carboxylic acids is 1.